The van der Waals surface area contributed by atoms with Crippen molar-refractivity contribution in [1.29, 1.82) is 0 Å². The molecule has 1 atom stereocenters. The molecular weight excluding hydrogens is 408 g/mol. The number of anilines is 1. The lowest BCUT2D eigenvalue weighted by Gasteiger charge is -2.31. The van der Waals surface area contributed by atoms with Gasteiger partial charge in [-0.1, -0.05) is 55.5 Å². The van der Waals surface area contributed by atoms with Crippen molar-refractivity contribution in [3.63, 3.8) is 0 Å². The van der Waals surface area contributed by atoms with Gasteiger partial charge in [-0.15, -0.1) is 0 Å². The number of fused-ring (bicyclic) bond motifs is 1. The van der Waals surface area contributed by atoms with Gasteiger partial charge in [-0.25, -0.2) is 8.42 Å². The van der Waals surface area contributed by atoms with E-state index in [9.17, 15) is 13.2 Å². The highest BCUT2D eigenvalue weighted by molar-refractivity contribution is 7.89. The summed E-state index contributed by atoms with van der Waals surface area (Å²) in [6.45, 7) is 4.67. The number of carbonyl (C=O) groups is 1. The monoisotopic (exact) mass is 436 g/mol. The number of benzene rings is 3. The number of nitrogens with one attached hydrogen (secondary N) is 1. The van der Waals surface area contributed by atoms with E-state index in [1.807, 2.05) is 55.5 Å². The summed E-state index contributed by atoms with van der Waals surface area (Å²) in [5, 5.41) is 4.97. The van der Waals surface area contributed by atoms with Crippen molar-refractivity contribution in [2.75, 3.05) is 18.4 Å². The molecule has 1 heterocycles. The molecule has 5 nitrogen and oxygen atoms in total. The number of nitrogens with zero attached hydrogens (tertiary/aromatic N) is 1. The van der Waals surface area contributed by atoms with Gasteiger partial charge in [0.15, 0.2) is 0 Å². The summed E-state index contributed by atoms with van der Waals surface area (Å²) in [6.07, 6.45) is 2.17. The van der Waals surface area contributed by atoms with E-state index in [1.54, 1.807) is 12.1 Å². The van der Waals surface area contributed by atoms with Crippen LogP contribution in [0.15, 0.2) is 65.6 Å². The number of hydrogen-bond donors (Lipinski definition) is 1. The molecule has 1 amide bonds. The number of rotatable bonds is 5. The highest BCUT2D eigenvalue weighted by atomic mass is 32.2. The topological polar surface area (TPSA) is 66.5 Å². The van der Waals surface area contributed by atoms with E-state index < -0.39 is 10.0 Å². The molecule has 162 valence electrons. The number of carbonyl (C=O) groups excluding carboxylic acids is 1. The van der Waals surface area contributed by atoms with Crippen LogP contribution in [0.1, 0.15) is 30.9 Å². The number of aryl methyl sites for hydroxylation is 2. The van der Waals surface area contributed by atoms with E-state index in [2.05, 4.69) is 12.2 Å². The van der Waals surface area contributed by atoms with Crippen LogP contribution in [-0.4, -0.2) is 31.7 Å². The number of amides is 1. The highest BCUT2D eigenvalue weighted by Crippen LogP contribution is 2.28. The molecule has 31 heavy (non-hydrogen) atoms. The molecule has 1 N–H and O–H groups in total. The second kappa shape index (κ2) is 8.81. The molecule has 1 fully saturated rings. The number of para-hydroxylation sites is 1. The van der Waals surface area contributed by atoms with Crippen molar-refractivity contribution in [3.8, 4) is 0 Å². The maximum Gasteiger partial charge on any atom is 0.243 e. The Balaban J connectivity index is 1.54. The first-order chi connectivity index (χ1) is 14.9. The van der Waals surface area contributed by atoms with E-state index in [1.165, 1.54) is 4.31 Å². The van der Waals surface area contributed by atoms with Crippen molar-refractivity contribution in [2.24, 2.45) is 5.92 Å². The second-order valence-corrected chi connectivity index (χ2v) is 10.1. The van der Waals surface area contributed by atoms with Gasteiger partial charge >= 0.3 is 0 Å². The van der Waals surface area contributed by atoms with Gasteiger partial charge < -0.3 is 5.32 Å². The van der Waals surface area contributed by atoms with Gasteiger partial charge in [0.2, 0.25) is 15.9 Å². The van der Waals surface area contributed by atoms with Crippen LogP contribution in [0.2, 0.25) is 0 Å². The molecule has 4 rings (SSSR count). The maximum atomic E-state index is 13.3. The summed E-state index contributed by atoms with van der Waals surface area (Å²) in [4.78, 5) is 13.3. The first kappa shape index (κ1) is 21.5. The molecule has 1 unspecified atom stereocenters. The Morgan fingerprint density at radius 2 is 1.84 bits per heavy atom. The average molecular weight is 437 g/mol. The molecular formula is C25H28N2O3S. The molecule has 0 spiro atoms. The van der Waals surface area contributed by atoms with Crippen molar-refractivity contribution >= 4 is 32.4 Å². The lowest BCUT2D eigenvalue weighted by Crippen LogP contribution is -2.43. The average Bonchev–Trinajstić information content (AvgIpc) is 2.80. The molecule has 1 aliphatic heterocycles. The van der Waals surface area contributed by atoms with Crippen molar-refractivity contribution in [3.05, 3.63) is 71.8 Å². The van der Waals surface area contributed by atoms with E-state index in [0.29, 0.717) is 19.4 Å². The Bertz CT molecular complexity index is 1220. The predicted molar refractivity (Wildman–Crippen MR) is 125 cm³/mol. The zero-order chi connectivity index (χ0) is 22.0. The van der Waals surface area contributed by atoms with Crippen molar-refractivity contribution in [1.82, 2.24) is 4.31 Å². The van der Waals surface area contributed by atoms with Gasteiger partial charge in [0, 0.05) is 18.8 Å². The summed E-state index contributed by atoms with van der Waals surface area (Å²) in [6, 6.07) is 18.9. The summed E-state index contributed by atoms with van der Waals surface area (Å²) in [7, 11) is -3.66. The van der Waals surface area contributed by atoms with Crippen molar-refractivity contribution in [2.45, 2.75) is 38.0 Å². The van der Waals surface area contributed by atoms with E-state index in [-0.39, 0.29) is 23.3 Å². The molecule has 0 aromatic heterocycles. The lowest BCUT2D eigenvalue weighted by atomic mass is 9.98. The maximum absolute atomic E-state index is 13.3. The fourth-order valence-electron chi connectivity index (χ4n) is 4.28. The quantitative estimate of drug-likeness (QED) is 0.628. The molecule has 0 aliphatic carbocycles. The molecule has 0 radical (unpaired) electrons. The van der Waals surface area contributed by atoms with Gasteiger partial charge in [-0.2, -0.15) is 4.31 Å². The summed E-state index contributed by atoms with van der Waals surface area (Å²) >= 11 is 0. The third kappa shape index (κ3) is 4.36. The largest absolute Gasteiger partial charge is 0.325 e. The molecule has 3 aromatic rings. The normalized spacial score (nSPS) is 17.5. The minimum Gasteiger partial charge on any atom is -0.325 e. The van der Waals surface area contributed by atoms with Gasteiger partial charge in [0.1, 0.15) is 0 Å². The lowest BCUT2D eigenvalue weighted by molar-refractivity contribution is -0.120. The predicted octanol–water partition coefficient (Wildman–Crippen LogP) is 4.75. The van der Waals surface area contributed by atoms with Crippen LogP contribution in [0.25, 0.3) is 10.8 Å². The van der Waals surface area contributed by atoms with Crippen LogP contribution in [0, 0.1) is 12.8 Å². The van der Waals surface area contributed by atoms with Crippen molar-refractivity contribution < 1.29 is 13.2 Å². The summed E-state index contributed by atoms with van der Waals surface area (Å²) in [5.41, 5.74) is 2.96. The Kier molecular flexibility index (Phi) is 6.12. The van der Waals surface area contributed by atoms with E-state index in [4.69, 9.17) is 0 Å². The molecule has 0 saturated carbocycles. The number of sulfonamides is 1. The Morgan fingerprint density at radius 3 is 2.61 bits per heavy atom. The van der Waals surface area contributed by atoms with Gasteiger partial charge in [-0.05, 0) is 60.2 Å². The minimum absolute atomic E-state index is 0.109. The minimum atomic E-state index is -3.66. The molecule has 3 aromatic carbocycles. The van der Waals surface area contributed by atoms with Gasteiger partial charge in [0.25, 0.3) is 0 Å². The second-order valence-electron chi connectivity index (χ2n) is 8.16. The Hall–Kier alpha value is -2.70. The fourth-order valence-corrected chi connectivity index (χ4v) is 5.84. The number of piperidine rings is 1. The Labute approximate surface area is 184 Å². The zero-order valence-corrected chi connectivity index (χ0v) is 18.8. The summed E-state index contributed by atoms with van der Waals surface area (Å²) in [5.74, 6) is -0.476. The zero-order valence-electron chi connectivity index (χ0n) is 18.0. The van der Waals surface area contributed by atoms with Crippen LogP contribution >= 0.6 is 0 Å². The standard InChI is InChI=1S/C25H28N2O3S/c1-3-19-11-6-8-18(2)24(19)26-25(28)22-12-7-15-27(17-22)31(29,30)23-14-13-20-9-4-5-10-21(20)16-23/h4-6,8-11,13-14,16,22H,3,7,12,15,17H2,1-2H3,(H,26,28). The number of hydrogen-bond acceptors (Lipinski definition) is 3. The van der Waals surface area contributed by atoms with Crippen LogP contribution < -0.4 is 5.32 Å². The van der Waals surface area contributed by atoms with Gasteiger partial charge in [0.05, 0.1) is 10.8 Å². The SMILES string of the molecule is CCc1cccc(C)c1NC(=O)C1CCCN(S(=O)(=O)c2ccc3ccccc3c2)C1. The first-order valence-corrected chi connectivity index (χ1v) is 12.2. The third-order valence-corrected chi connectivity index (χ3v) is 7.96. The third-order valence-electron chi connectivity index (χ3n) is 6.10. The smallest absolute Gasteiger partial charge is 0.243 e. The van der Waals surface area contributed by atoms with E-state index >= 15 is 0 Å². The van der Waals surface area contributed by atoms with Crippen LogP contribution in [0.3, 0.4) is 0 Å². The van der Waals surface area contributed by atoms with Crippen LogP contribution in [0.5, 0.6) is 0 Å². The fraction of sp³-hybridized carbons (Fsp3) is 0.320. The molecule has 6 heteroatoms. The van der Waals surface area contributed by atoms with E-state index in [0.717, 1.165) is 34.0 Å². The van der Waals surface area contributed by atoms with Crippen LogP contribution in [-0.2, 0) is 21.2 Å². The Morgan fingerprint density at radius 1 is 1.06 bits per heavy atom. The van der Waals surface area contributed by atoms with Gasteiger partial charge in [-0.3, -0.25) is 4.79 Å². The molecule has 0 bridgehead atoms. The molecule has 1 aliphatic rings. The summed E-state index contributed by atoms with van der Waals surface area (Å²) < 4.78 is 28.1. The highest BCUT2D eigenvalue weighted by Gasteiger charge is 2.33. The molecule has 1 saturated heterocycles. The van der Waals surface area contributed by atoms with Crippen LogP contribution in [0.4, 0.5) is 5.69 Å². The first-order valence-electron chi connectivity index (χ1n) is 10.8.